The SMILES string of the molecule is CC(C)=CCn1nc2c(=O)n(C3CC3)ccn2c1=O. The van der Waals surface area contributed by atoms with Gasteiger partial charge in [0.15, 0.2) is 0 Å². The molecule has 0 bridgehead atoms. The maximum atomic E-state index is 12.2. The number of fused-ring (bicyclic) bond motifs is 1. The van der Waals surface area contributed by atoms with E-state index in [2.05, 4.69) is 5.10 Å². The molecule has 6 heteroatoms. The second-order valence-corrected chi connectivity index (χ2v) is 5.18. The molecule has 1 fully saturated rings. The maximum absolute atomic E-state index is 12.2. The second kappa shape index (κ2) is 4.22. The highest BCUT2D eigenvalue weighted by Gasteiger charge is 2.25. The maximum Gasteiger partial charge on any atom is 0.350 e. The summed E-state index contributed by atoms with van der Waals surface area (Å²) in [6.07, 6.45) is 7.27. The number of allylic oxidation sites excluding steroid dienone is 2. The van der Waals surface area contributed by atoms with E-state index in [-0.39, 0.29) is 22.9 Å². The Labute approximate surface area is 109 Å². The van der Waals surface area contributed by atoms with E-state index in [4.69, 9.17) is 0 Å². The van der Waals surface area contributed by atoms with Crippen LogP contribution in [0.3, 0.4) is 0 Å². The minimum Gasteiger partial charge on any atom is -0.308 e. The average Bonchev–Trinajstić information content (AvgIpc) is 3.14. The second-order valence-electron chi connectivity index (χ2n) is 5.18. The fourth-order valence-electron chi connectivity index (χ4n) is 2.05. The third-order valence-corrected chi connectivity index (χ3v) is 3.29. The van der Waals surface area contributed by atoms with Crippen LogP contribution >= 0.6 is 0 Å². The normalized spacial score (nSPS) is 14.8. The first-order valence-electron chi connectivity index (χ1n) is 6.41. The van der Waals surface area contributed by atoms with Crippen LogP contribution in [0.4, 0.5) is 0 Å². The molecule has 0 radical (unpaired) electrons. The van der Waals surface area contributed by atoms with Crippen LogP contribution in [-0.2, 0) is 6.54 Å². The molecule has 19 heavy (non-hydrogen) atoms. The van der Waals surface area contributed by atoms with Crippen LogP contribution in [0.2, 0.25) is 0 Å². The van der Waals surface area contributed by atoms with Crippen molar-refractivity contribution in [1.29, 1.82) is 0 Å². The zero-order chi connectivity index (χ0) is 13.6. The summed E-state index contributed by atoms with van der Waals surface area (Å²) < 4.78 is 4.31. The molecule has 1 saturated carbocycles. The predicted octanol–water partition coefficient (Wildman–Crippen LogP) is 0.959. The lowest BCUT2D eigenvalue weighted by Gasteiger charge is -2.01. The summed E-state index contributed by atoms with van der Waals surface area (Å²) in [6.45, 7) is 4.31. The smallest absolute Gasteiger partial charge is 0.308 e. The monoisotopic (exact) mass is 260 g/mol. The Kier molecular flexibility index (Phi) is 2.66. The van der Waals surface area contributed by atoms with E-state index in [0.29, 0.717) is 6.54 Å². The summed E-state index contributed by atoms with van der Waals surface area (Å²) in [5.74, 6) is 0. The van der Waals surface area contributed by atoms with Crippen molar-refractivity contribution in [2.75, 3.05) is 0 Å². The molecular formula is C13H16N4O2. The van der Waals surface area contributed by atoms with Crippen LogP contribution in [0.15, 0.2) is 33.6 Å². The van der Waals surface area contributed by atoms with Gasteiger partial charge in [0, 0.05) is 18.4 Å². The Morgan fingerprint density at radius 3 is 2.74 bits per heavy atom. The van der Waals surface area contributed by atoms with Gasteiger partial charge >= 0.3 is 5.69 Å². The van der Waals surface area contributed by atoms with Crippen LogP contribution in [-0.4, -0.2) is 18.7 Å². The predicted molar refractivity (Wildman–Crippen MR) is 71.4 cm³/mol. The Bertz CT molecular complexity index is 770. The largest absolute Gasteiger partial charge is 0.350 e. The molecule has 0 unspecified atom stereocenters. The quantitative estimate of drug-likeness (QED) is 0.772. The molecule has 1 aliphatic rings. The van der Waals surface area contributed by atoms with E-state index in [1.807, 2.05) is 19.9 Å². The van der Waals surface area contributed by atoms with E-state index in [1.54, 1.807) is 17.0 Å². The summed E-state index contributed by atoms with van der Waals surface area (Å²) >= 11 is 0. The summed E-state index contributed by atoms with van der Waals surface area (Å²) in [4.78, 5) is 24.3. The lowest BCUT2D eigenvalue weighted by molar-refractivity contribution is 0.669. The van der Waals surface area contributed by atoms with Crippen molar-refractivity contribution in [3.63, 3.8) is 0 Å². The van der Waals surface area contributed by atoms with Gasteiger partial charge in [-0.1, -0.05) is 11.6 Å². The van der Waals surface area contributed by atoms with Crippen molar-refractivity contribution in [2.45, 2.75) is 39.3 Å². The Hall–Kier alpha value is -2.11. The van der Waals surface area contributed by atoms with Crippen LogP contribution in [0.5, 0.6) is 0 Å². The molecule has 0 saturated heterocycles. The first-order chi connectivity index (χ1) is 9.08. The Morgan fingerprint density at radius 1 is 1.37 bits per heavy atom. The van der Waals surface area contributed by atoms with Crippen molar-refractivity contribution < 1.29 is 0 Å². The van der Waals surface area contributed by atoms with E-state index in [0.717, 1.165) is 18.4 Å². The van der Waals surface area contributed by atoms with Gasteiger partial charge in [-0.25, -0.2) is 13.9 Å². The van der Waals surface area contributed by atoms with Gasteiger partial charge in [-0.15, -0.1) is 5.10 Å². The van der Waals surface area contributed by atoms with Gasteiger partial charge in [0.2, 0.25) is 5.65 Å². The minimum atomic E-state index is -0.271. The summed E-state index contributed by atoms with van der Waals surface area (Å²) in [5.41, 5.74) is 0.867. The summed E-state index contributed by atoms with van der Waals surface area (Å²) in [6, 6.07) is 0.288. The van der Waals surface area contributed by atoms with Crippen LogP contribution in [0.1, 0.15) is 32.7 Å². The molecule has 1 aliphatic carbocycles. The van der Waals surface area contributed by atoms with Crippen LogP contribution in [0, 0.1) is 0 Å². The fourth-order valence-corrected chi connectivity index (χ4v) is 2.05. The van der Waals surface area contributed by atoms with Gasteiger partial charge in [-0.3, -0.25) is 4.79 Å². The highest BCUT2D eigenvalue weighted by Crippen LogP contribution is 2.33. The van der Waals surface area contributed by atoms with Gasteiger partial charge in [0.25, 0.3) is 5.56 Å². The van der Waals surface area contributed by atoms with Crippen molar-refractivity contribution in [2.24, 2.45) is 0 Å². The number of hydrogen-bond acceptors (Lipinski definition) is 3. The summed E-state index contributed by atoms with van der Waals surface area (Å²) in [5, 5.41) is 4.14. The van der Waals surface area contributed by atoms with Gasteiger partial charge in [-0.05, 0) is 26.7 Å². The molecule has 2 aromatic rings. The lowest BCUT2D eigenvalue weighted by Crippen LogP contribution is -2.24. The zero-order valence-corrected chi connectivity index (χ0v) is 11.0. The molecule has 0 spiro atoms. The van der Waals surface area contributed by atoms with E-state index in [9.17, 15) is 9.59 Å². The first kappa shape index (κ1) is 12.0. The highest BCUT2D eigenvalue weighted by molar-refractivity contribution is 5.33. The van der Waals surface area contributed by atoms with Gasteiger partial charge in [-0.2, -0.15) is 0 Å². The Morgan fingerprint density at radius 2 is 2.11 bits per heavy atom. The molecule has 0 atom stereocenters. The minimum absolute atomic E-state index is 0.182. The van der Waals surface area contributed by atoms with Crippen molar-refractivity contribution >= 4 is 5.65 Å². The number of hydrogen-bond donors (Lipinski definition) is 0. The highest BCUT2D eigenvalue weighted by atomic mass is 16.2. The molecule has 0 N–H and O–H groups in total. The zero-order valence-electron chi connectivity index (χ0n) is 11.0. The summed E-state index contributed by atoms with van der Waals surface area (Å²) in [7, 11) is 0. The third-order valence-electron chi connectivity index (χ3n) is 3.29. The van der Waals surface area contributed by atoms with Crippen LogP contribution < -0.4 is 11.2 Å². The van der Waals surface area contributed by atoms with Gasteiger partial charge < -0.3 is 4.57 Å². The molecule has 3 rings (SSSR count). The van der Waals surface area contributed by atoms with E-state index in [1.165, 1.54) is 9.08 Å². The molecule has 2 heterocycles. The molecule has 0 aromatic carbocycles. The standard InChI is InChI=1S/C13H16N4O2/c1-9(2)5-6-17-13(19)16-8-7-15(10-3-4-10)12(18)11(16)14-17/h5,7-8,10H,3-4,6H2,1-2H3. The molecule has 2 aromatic heterocycles. The number of aromatic nitrogens is 4. The number of nitrogens with zero attached hydrogens (tertiary/aromatic N) is 4. The Balaban J connectivity index is 2.15. The van der Waals surface area contributed by atoms with E-state index < -0.39 is 0 Å². The molecule has 0 aliphatic heterocycles. The van der Waals surface area contributed by atoms with Crippen molar-refractivity contribution in [1.82, 2.24) is 18.7 Å². The van der Waals surface area contributed by atoms with Crippen molar-refractivity contribution in [3.8, 4) is 0 Å². The molecule has 6 nitrogen and oxygen atoms in total. The number of rotatable bonds is 3. The molecular weight excluding hydrogens is 244 g/mol. The van der Waals surface area contributed by atoms with Crippen LogP contribution in [0.25, 0.3) is 5.65 Å². The van der Waals surface area contributed by atoms with E-state index >= 15 is 0 Å². The third kappa shape index (κ3) is 2.03. The molecule has 0 amide bonds. The average molecular weight is 260 g/mol. The molecule has 100 valence electrons. The van der Waals surface area contributed by atoms with Gasteiger partial charge in [0.05, 0.1) is 6.54 Å². The van der Waals surface area contributed by atoms with Crippen molar-refractivity contribution in [3.05, 3.63) is 44.9 Å². The fraction of sp³-hybridized carbons (Fsp3) is 0.462. The first-order valence-corrected chi connectivity index (χ1v) is 6.41. The van der Waals surface area contributed by atoms with Gasteiger partial charge in [0.1, 0.15) is 0 Å². The topological polar surface area (TPSA) is 61.3 Å². The lowest BCUT2D eigenvalue weighted by atomic mass is 10.3.